The molecule has 5 heteroatoms. The Bertz CT molecular complexity index is 416. The standard InChI is InChI=1S/C16H27N5/c1-20-10-5-14(6-11-20)12-19-15-4-2-9-21(13-15)16-17-7-3-8-18-16/h3,7-8,14-15,19H,2,4-6,9-13H2,1H3. The fourth-order valence-electron chi connectivity index (χ4n) is 3.38. The second kappa shape index (κ2) is 7.18. The summed E-state index contributed by atoms with van der Waals surface area (Å²) in [6, 6.07) is 2.46. The molecule has 1 aromatic heterocycles. The van der Waals surface area contributed by atoms with Crippen molar-refractivity contribution in [3.8, 4) is 0 Å². The first-order valence-electron chi connectivity index (χ1n) is 8.25. The van der Waals surface area contributed by atoms with Crippen LogP contribution in [0.1, 0.15) is 25.7 Å². The van der Waals surface area contributed by atoms with Gasteiger partial charge in [-0.1, -0.05) is 0 Å². The summed E-state index contributed by atoms with van der Waals surface area (Å²) in [4.78, 5) is 13.5. The molecule has 1 aromatic rings. The van der Waals surface area contributed by atoms with Gasteiger partial charge >= 0.3 is 0 Å². The third-order valence-electron chi connectivity index (χ3n) is 4.79. The topological polar surface area (TPSA) is 44.3 Å². The summed E-state index contributed by atoms with van der Waals surface area (Å²) >= 11 is 0. The van der Waals surface area contributed by atoms with Crippen LogP contribution in [0.25, 0.3) is 0 Å². The van der Waals surface area contributed by atoms with Gasteiger partial charge in [0.2, 0.25) is 5.95 Å². The highest BCUT2D eigenvalue weighted by molar-refractivity contribution is 5.29. The highest BCUT2D eigenvalue weighted by atomic mass is 15.3. The fourth-order valence-corrected chi connectivity index (χ4v) is 3.38. The van der Waals surface area contributed by atoms with E-state index in [2.05, 4.69) is 32.1 Å². The lowest BCUT2D eigenvalue weighted by Crippen LogP contribution is -2.48. The lowest BCUT2D eigenvalue weighted by atomic mass is 9.96. The Morgan fingerprint density at radius 2 is 1.90 bits per heavy atom. The van der Waals surface area contributed by atoms with Gasteiger partial charge in [0.05, 0.1) is 0 Å². The number of nitrogens with one attached hydrogen (secondary N) is 1. The van der Waals surface area contributed by atoms with E-state index in [-0.39, 0.29) is 0 Å². The Morgan fingerprint density at radius 3 is 2.67 bits per heavy atom. The van der Waals surface area contributed by atoms with Crippen molar-refractivity contribution in [1.82, 2.24) is 20.2 Å². The molecule has 0 aliphatic carbocycles. The van der Waals surface area contributed by atoms with Gasteiger partial charge in [0, 0.05) is 31.5 Å². The molecule has 1 atom stereocenters. The molecule has 2 aliphatic rings. The van der Waals surface area contributed by atoms with Crippen molar-refractivity contribution in [3.05, 3.63) is 18.5 Å². The molecule has 0 amide bonds. The summed E-state index contributed by atoms with van der Waals surface area (Å²) in [5.41, 5.74) is 0. The molecule has 1 N–H and O–H groups in total. The van der Waals surface area contributed by atoms with Crippen molar-refractivity contribution < 1.29 is 0 Å². The molecule has 0 aromatic carbocycles. The first-order chi connectivity index (χ1) is 10.3. The number of piperidine rings is 2. The largest absolute Gasteiger partial charge is 0.339 e. The molecule has 3 rings (SSSR count). The van der Waals surface area contributed by atoms with E-state index in [1.54, 1.807) is 0 Å². The zero-order chi connectivity index (χ0) is 14.5. The van der Waals surface area contributed by atoms with Crippen molar-refractivity contribution >= 4 is 5.95 Å². The maximum atomic E-state index is 4.38. The second-order valence-corrected chi connectivity index (χ2v) is 6.49. The van der Waals surface area contributed by atoms with Crippen LogP contribution in [0.15, 0.2) is 18.5 Å². The number of nitrogens with zero attached hydrogens (tertiary/aromatic N) is 4. The van der Waals surface area contributed by atoms with Crippen molar-refractivity contribution in [2.75, 3.05) is 44.7 Å². The molecule has 2 saturated heterocycles. The number of rotatable bonds is 4. The van der Waals surface area contributed by atoms with Crippen LogP contribution in [-0.4, -0.2) is 60.7 Å². The Labute approximate surface area is 127 Å². The van der Waals surface area contributed by atoms with E-state index in [1.165, 1.54) is 45.3 Å². The number of hydrogen-bond donors (Lipinski definition) is 1. The van der Waals surface area contributed by atoms with Gasteiger partial charge in [-0.05, 0) is 64.3 Å². The van der Waals surface area contributed by atoms with Crippen LogP contribution < -0.4 is 10.2 Å². The van der Waals surface area contributed by atoms with E-state index in [0.717, 1.165) is 25.0 Å². The van der Waals surface area contributed by atoms with E-state index < -0.39 is 0 Å². The van der Waals surface area contributed by atoms with Gasteiger partial charge in [0.1, 0.15) is 0 Å². The summed E-state index contributed by atoms with van der Waals surface area (Å²) < 4.78 is 0. The summed E-state index contributed by atoms with van der Waals surface area (Å²) in [6.07, 6.45) is 8.83. The first kappa shape index (κ1) is 14.7. The van der Waals surface area contributed by atoms with Gasteiger partial charge in [-0.15, -0.1) is 0 Å². The monoisotopic (exact) mass is 289 g/mol. The zero-order valence-electron chi connectivity index (χ0n) is 13.0. The fraction of sp³-hybridized carbons (Fsp3) is 0.750. The Kier molecular flexibility index (Phi) is 5.04. The minimum atomic E-state index is 0.585. The van der Waals surface area contributed by atoms with Crippen LogP contribution in [0.2, 0.25) is 0 Å². The van der Waals surface area contributed by atoms with Gasteiger partial charge in [0.15, 0.2) is 0 Å². The minimum Gasteiger partial charge on any atom is -0.339 e. The van der Waals surface area contributed by atoms with Crippen LogP contribution >= 0.6 is 0 Å². The van der Waals surface area contributed by atoms with E-state index in [0.29, 0.717) is 6.04 Å². The predicted octanol–water partition coefficient (Wildman–Crippen LogP) is 1.38. The molecule has 2 aliphatic heterocycles. The van der Waals surface area contributed by atoms with Crippen LogP contribution in [0.4, 0.5) is 5.95 Å². The Balaban J connectivity index is 1.46. The van der Waals surface area contributed by atoms with Crippen LogP contribution in [-0.2, 0) is 0 Å². The Morgan fingerprint density at radius 1 is 1.14 bits per heavy atom. The minimum absolute atomic E-state index is 0.585. The molecule has 0 saturated carbocycles. The lowest BCUT2D eigenvalue weighted by molar-refractivity contribution is 0.210. The maximum absolute atomic E-state index is 4.38. The number of likely N-dealkylation sites (tertiary alicyclic amines) is 1. The van der Waals surface area contributed by atoms with Crippen molar-refractivity contribution in [3.63, 3.8) is 0 Å². The van der Waals surface area contributed by atoms with Gasteiger partial charge in [-0.3, -0.25) is 0 Å². The zero-order valence-corrected chi connectivity index (χ0v) is 13.0. The molecule has 116 valence electrons. The van der Waals surface area contributed by atoms with Crippen molar-refractivity contribution in [2.24, 2.45) is 5.92 Å². The molecular formula is C16H27N5. The highest BCUT2D eigenvalue weighted by Gasteiger charge is 2.23. The number of hydrogen-bond acceptors (Lipinski definition) is 5. The van der Waals surface area contributed by atoms with Crippen LogP contribution in [0, 0.1) is 5.92 Å². The van der Waals surface area contributed by atoms with Gasteiger partial charge in [0.25, 0.3) is 0 Å². The van der Waals surface area contributed by atoms with Crippen molar-refractivity contribution in [1.29, 1.82) is 0 Å². The summed E-state index contributed by atoms with van der Waals surface area (Å²) in [6.45, 7) is 5.79. The average molecular weight is 289 g/mol. The smallest absolute Gasteiger partial charge is 0.225 e. The molecule has 0 radical (unpaired) electrons. The molecule has 3 heterocycles. The molecule has 5 nitrogen and oxygen atoms in total. The first-order valence-corrected chi connectivity index (χ1v) is 8.25. The molecule has 1 unspecified atom stereocenters. The van der Waals surface area contributed by atoms with E-state index >= 15 is 0 Å². The third-order valence-corrected chi connectivity index (χ3v) is 4.79. The maximum Gasteiger partial charge on any atom is 0.225 e. The van der Waals surface area contributed by atoms with E-state index in [9.17, 15) is 0 Å². The van der Waals surface area contributed by atoms with Gasteiger partial charge in [-0.25, -0.2) is 9.97 Å². The van der Waals surface area contributed by atoms with Gasteiger partial charge in [-0.2, -0.15) is 0 Å². The van der Waals surface area contributed by atoms with Crippen molar-refractivity contribution in [2.45, 2.75) is 31.7 Å². The second-order valence-electron chi connectivity index (χ2n) is 6.49. The molecule has 0 bridgehead atoms. The SMILES string of the molecule is CN1CCC(CNC2CCCN(c3ncccn3)C2)CC1. The van der Waals surface area contributed by atoms with E-state index in [4.69, 9.17) is 0 Å². The summed E-state index contributed by atoms with van der Waals surface area (Å²) in [5, 5.41) is 3.79. The predicted molar refractivity (Wildman–Crippen MR) is 85.5 cm³/mol. The Hall–Kier alpha value is -1.20. The number of anilines is 1. The van der Waals surface area contributed by atoms with E-state index in [1.807, 2.05) is 18.5 Å². The summed E-state index contributed by atoms with van der Waals surface area (Å²) in [7, 11) is 2.22. The quantitative estimate of drug-likeness (QED) is 0.907. The normalized spacial score (nSPS) is 25.2. The summed E-state index contributed by atoms with van der Waals surface area (Å²) in [5.74, 6) is 1.73. The third kappa shape index (κ3) is 4.14. The molecule has 2 fully saturated rings. The average Bonchev–Trinajstić information content (AvgIpc) is 2.55. The molecule has 21 heavy (non-hydrogen) atoms. The lowest BCUT2D eigenvalue weighted by Gasteiger charge is -2.35. The van der Waals surface area contributed by atoms with Crippen LogP contribution in [0.3, 0.4) is 0 Å². The van der Waals surface area contributed by atoms with Gasteiger partial charge < -0.3 is 15.1 Å². The van der Waals surface area contributed by atoms with Crippen LogP contribution in [0.5, 0.6) is 0 Å². The molecule has 0 spiro atoms. The number of aromatic nitrogens is 2. The highest BCUT2D eigenvalue weighted by Crippen LogP contribution is 2.18. The molecular weight excluding hydrogens is 262 g/mol.